The van der Waals surface area contributed by atoms with Crippen molar-refractivity contribution < 1.29 is 0 Å². The van der Waals surface area contributed by atoms with Crippen molar-refractivity contribution in [1.29, 1.82) is 0 Å². The second kappa shape index (κ2) is 7.46. The maximum Gasteiger partial charge on any atom is 0.0195 e. The van der Waals surface area contributed by atoms with E-state index in [1.807, 2.05) is 0 Å². The minimum absolute atomic E-state index is 0.760. The van der Waals surface area contributed by atoms with Gasteiger partial charge in [0, 0.05) is 31.7 Å². The molecule has 0 radical (unpaired) electrons. The minimum atomic E-state index is 0.760. The number of likely N-dealkylation sites (N-methyl/N-ethyl adjacent to an activating group) is 1. The lowest BCUT2D eigenvalue weighted by atomic mass is 10.0. The van der Waals surface area contributed by atoms with Crippen LogP contribution in [0.15, 0.2) is 0 Å². The van der Waals surface area contributed by atoms with E-state index < -0.39 is 0 Å². The van der Waals surface area contributed by atoms with E-state index in [4.69, 9.17) is 0 Å². The molecule has 2 rings (SSSR count). The number of nitrogens with zero attached hydrogens (tertiary/aromatic N) is 2. The van der Waals surface area contributed by atoms with E-state index in [0.29, 0.717) is 0 Å². The molecule has 3 nitrogen and oxygen atoms in total. The fourth-order valence-corrected chi connectivity index (χ4v) is 3.04. The van der Waals surface area contributed by atoms with Crippen LogP contribution in [0.25, 0.3) is 0 Å². The predicted octanol–water partition coefficient (Wildman–Crippen LogP) is 1.93. The van der Waals surface area contributed by atoms with Gasteiger partial charge in [0.05, 0.1) is 0 Å². The zero-order valence-electron chi connectivity index (χ0n) is 12.3. The Kier molecular flexibility index (Phi) is 5.93. The fourth-order valence-electron chi connectivity index (χ4n) is 3.04. The van der Waals surface area contributed by atoms with E-state index in [9.17, 15) is 0 Å². The van der Waals surface area contributed by atoms with Crippen LogP contribution in [0.3, 0.4) is 0 Å². The predicted molar refractivity (Wildman–Crippen MR) is 78.0 cm³/mol. The van der Waals surface area contributed by atoms with Crippen molar-refractivity contribution >= 4 is 0 Å². The Balaban J connectivity index is 1.73. The van der Waals surface area contributed by atoms with Crippen molar-refractivity contribution in [1.82, 2.24) is 15.1 Å². The lowest BCUT2D eigenvalue weighted by molar-refractivity contribution is 0.182. The van der Waals surface area contributed by atoms with E-state index in [-0.39, 0.29) is 0 Å². The molecule has 0 aromatic rings. The highest BCUT2D eigenvalue weighted by Crippen LogP contribution is 2.27. The van der Waals surface area contributed by atoms with Crippen LogP contribution in [-0.4, -0.2) is 61.2 Å². The molecule has 1 N–H and O–H groups in total. The molecule has 0 aromatic heterocycles. The van der Waals surface area contributed by atoms with Gasteiger partial charge in [-0.1, -0.05) is 20.3 Å². The smallest absolute Gasteiger partial charge is 0.0195 e. The summed E-state index contributed by atoms with van der Waals surface area (Å²) in [5.41, 5.74) is 0. The second-order valence-electron chi connectivity index (χ2n) is 5.90. The third-order valence-corrected chi connectivity index (χ3v) is 4.53. The quantitative estimate of drug-likeness (QED) is 0.713. The first kappa shape index (κ1) is 14.3. The van der Waals surface area contributed by atoms with Gasteiger partial charge in [-0.25, -0.2) is 0 Å². The molecule has 1 heterocycles. The summed E-state index contributed by atoms with van der Waals surface area (Å²) < 4.78 is 0. The van der Waals surface area contributed by atoms with Crippen LogP contribution in [-0.2, 0) is 0 Å². The Morgan fingerprint density at radius 1 is 1.00 bits per heavy atom. The normalized spacial score (nSPS) is 25.0. The van der Waals surface area contributed by atoms with Gasteiger partial charge in [-0.3, -0.25) is 4.90 Å². The fraction of sp³-hybridized carbons (Fsp3) is 1.00. The molecule has 0 amide bonds. The largest absolute Gasteiger partial charge is 0.313 e. The summed E-state index contributed by atoms with van der Waals surface area (Å²) in [6, 6.07) is 1.67. The van der Waals surface area contributed by atoms with Gasteiger partial charge >= 0.3 is 0 Å². The number of piperidine rings is 1. The molecule has 1 saturated heterocycles. The van der Waals surface area contributed by atoms with E-state index in [0.717, 1.165) is 12.1 Å². The van der Waals surface area contributed by atoms with Gasteiger partial charge in [0.15, 0.2) is 0 Å². The molecule has 0 aromatic carbocycles. The van der Waals surface area contributed by atoms with Crippen LogP contribution in [0.5, 0.6) is 0 Å². The molecule has 2 fully saturated rings. The van der Waals surface area contributed by atoms with E-state index in [2.05, 4.69) is 29.0 Å². The van der Waals surface area contributed by atoms with E-state index in [1.165, 1.54) is 71.4 Å². The zero-order valence-corrected chi connectivity index (χ0v) is 12.3. The topological polar surface area (TPSA) is 18.5 Å². The summed E-state index contributed by atoms with van der Waals surface area (Å²) in [6.45, 7) is 12.0. The van der Waals surface area contributed by atoms with Crippen LogP contribution < -0.4 is 5.32 Å². The van der Waals surface area contributed by atoms with Crippen LogP contribution in [0.2, 0.25) is 0 Å². The van der Waals surface area contributed by atoms with Gasteiger partial charge in [0.25, 0.3) is 0 Å². The summed E-state index contributed by atoms with van der Waals surface area (Å²) in [4.78, 5) is 5.30. The van der Waals surface area contributed by atoms with Crippen LogP contribution in [0, 0.1) is 0 Å². The van der Waals surface area contributed by atoms with Crippen molar-refractivity contribution in [3.8, 4) is 0 Å². The Hall–Kier alpha value is -0.120. The molecule has 106 valence electrons. The van der Waals surface area contributed by atoms with Gasteiger partial charge in [-0.15, -0.1) is 0 Å². The van der Waals surface area contributed by atoms with Gasteiger partial charge in [0.1, 0.15) is 0 Å². The second-order valence-corrected chi connectivity index (χ2v) is 5.90. The molecule has 1 saturated carbocycles. The average molecular weight is 253 g/mol. The van der Waals surface area contributed by atoms with Crippen molar-refractivity contribution in [3.05, 3.63) is 0 Å². The van der Waals surface area contributed by atoms with Crippen molar-refractivity contribution in [2.24, 2.45) is 0 Å². The first-order chi connectivity index (χ1) is 8.83. The van der Waals surface area contributed by atoms with E-state index >= 15 is 0 Å². The maximum atomic E-state index is 3.69. The highest BCUT2D eigenvalue weighted by Gasteiger charge is 2.30. The van der Waals surface area contributed by atoms with Crippen molar-refractivity contribution in [2.75, 3.05) is 39.3 Å². The van der Waals surface area contributed by atoms with Crippen LogP contribution in [0.4, 0.5) is 0 Å². The average Bonchev–Trinajstić information content (AvgIpc) is 3.24. The van der Waals surface area contributed by atoms with Crippen molar-refractivity contribution in [3.63, 3.8) is 0 Å². The van der Waals surface area contributed by atoms with Crippen molar-refractivity contribution in [2.45, 2.75) is 58.0 Å². The molecule has 1 aliphatic carbocycles. The number of hydrogen-bond donors (Lipinski definition) is 1. The SMILES string of the molecule is CCN(CC)CCN(CC1CCCCN1)C1CC1. The third-order valence-electron chi connectivity index (χ3n) is 4.53. The molecule has 0 bridgehead atoms. The monoisotopic (exact) mass is 253 g/mol. The number of rotatable bonds is 8. The van der Waals surface area contributed by atoms with E-state index in [1.54, 1.807) is 0 Å². The van der Waals surface area contributed by atoms with Gasteiger partial charge in [0.2, 0.25) is 0 Å². The summed E-state index contributed by atoms with van der Waals surface area (Å²) in [7, 11) is 0. The lowest BCUT2D eigenvalue weighted by Crippen LogP contribution is -2.46. The van der Waals surface area contributed by atoms with Crippen LogP contribution >= 0.6 is 0 Å². The van der Waals surface area contributed by atoms with Gasteiger partial charge in [-0.05, 0) is 45.3 Å². The van der Waals surface area contributed by atoms with Gasteiger partial charge < -0.3 is 10.2 Å². The molecular formula is C15H31N3. The Morgan fingerprint density at radius 2 is 1.78 bits per heavy atom. The Morgan fingerprint density at radius 3 is 2.33 bits per heavy atom. The first-order valence-corrected chi connectivity index (χ1v) is 8.03. The molecule has 3 heteroatoms. The molecular weight excluding hydrogens is 222 g/mol. The summed E-state index contributed by atoms with van der Waals surface area (Å²) in [5, 5.41) is 3.69. The summed E-state index contributed by atoms with van der Waals surface area (Å²) >= 11 is 0. The molecule has 1 atom stereocenters. The van der Waals surface area contributed by atoms with Gasteiger partial charge in [-0.2, -0.15) is 0 Å². The standard InChI is InChI=1S/C15H31N3/c1-3-17(4-2)11-12-18(15-8-9-15)13-14-7-5-6-10-16-14/h14-16H,3-13H2,1-2H3. The molecule has 1 aliphatic heterocycles. The Labute approximate surface area is 113 Å². The minimum Gasteiger partial charge on any atom is -0.313 e. The Bertz CT molecular complexity index is 218. The molecule has 1 unspecified atom stereocenters. The maximum absolute atomic E-state index is 3.69. The molecule has 0 spiro atoms. The number of nitrogens with one attached hydrogen (secondary N) is 1. The highest BCUT2D eigenvalue weighted by molar-refractivity contribution is 4.88. The first-order valence-electron chi connectivity index (χ1n) is 8.03. The third kappa shape index (κ3) is 4.52. The number of hydrogen-bond acceptors (Lipinski definition) is 3. The zero-order chi connectivity index (χ0) is 12.8. The molecule has 18 heavy (non-hydrogen) atoms. The summed E-state index contributed by atoms with van der Waals surface area (Å²) in [6.07, 6.45) is 7.05. The molecule has 2 aliphatic rings. The lowest BCUT2D eigenvalue weighted by Gasteiger charge is -2.32. The van der Waals surface area contributed by atoms with Crippen LogP contribution in [0.1, 0.15) is 46.0 Å². The summed E-state index contributed by atoms with van der Waals surface area (Å²) in [5.74, 6) is 0. The highest BCUT2D eigenvalue weighted by atomic mass is 15.2.